The van der Waals surface area contributed by atoms with Crippen LogP contribution in [0.25, 0.3) is 0 Å². The highest BCUT2D eigenvalue weighted by Gasteiger charge is 2.28. The van der Waals surface area contributed by atoms with Crippen LogP contribution in [0, 0.1) is 0 Å². The van der Waals surface area contributed by atoms with E-state index in [1.807, 2.05) is 0 Å². The molecule has 3 aromatic rings. The van der Waals surface area contributed by atoms with Gasteiger partial charge in [0.15, 0.2) is 0 Å². The van der Waals surface area contributed by atoms with E-state index in [0.717, 1.165) is 17.8 Å². The lowest BCUT2D eigenvalue weighted by Crippen LogP contribution is -2.41. The monoisotopic (exact) mass is 495 g/mol. The van der Waals surface area contributed by atoms with Gasteiger partial charge in [-0.1, -0.05) is 17.4 Å². The molecular formula is C24H25N5O5S. The SMILES string of the molecule is COC(=O)c1cccc(NC(=O)N2CCCC(c3nnc(C(=O)Nc4ccc(OC)cc4)s3)C2)c1. The lowest BCUT2D eigenvalue weighted by Gasteiger charge is -2.31. The maximum Gasteiger partial charge on any atom is 0.337 e. The lowest BCUT2D eigenvalue weighted by molar-refractivity contribution is 0.0600. The zero-order valence-electron chi connectivity index (χ0n) is 19.3. The van der Waals surface area contributed by atoms with Crippen LogP contribution in [-0.2, 0) is 4.74 Å². The fourth-order valence-electron chi connectivity index (χ4n) is 3.76. The van der Waals surface area contributed by atoms with Crippen molar-refractivity contribution in [1.29, 1.82) is 0 Å². The van der Waals surface area contributed by atoms with E-state index in [1.54, 1.807) is 60.5 Å². The third-order valence-electron chi connectivity index (χ3n) is 5.58. The molecule has 1 fully saturated rings. The van der Waals surface area contributed by atoms with Gasteiger partial charge >= 0.3 is 12.0 Å². The van der Waals surface area contributed by atoms with Gasteiger partial charge in [-0.25, -0.2) is 9.59 Å². The first-order chi connectivity index (χ1) is 17.0. The Balaban J connectivity index is 1.37. The van der Waals surface area contributed by atoms with Crippen molar-refractivity contribution in [3.63, 3.8) is 0 Å². The quantitative estimate of drug-likeness (QED) is 0.496. The molecule has 1 unspecified atom stereocenters. The Kier molecular flexibility index (Phi) is 7.56. The fraction of sp³-hybridized carbons (Fsp3) is 0.292. The Morgan fingerprint density at radius 2 is 1.83 bits per heavy atom. The van der Waals surface area contributed by atoms with Crippen LogP contribution in [0.4, 0.5) is 16.2 Å². The van der Waals surface area contributed by atoms with Crippen molar-refractivity contribution in [3.05, 3.63) is 64.1 Å². The number of nitrogens with zero attached hydrogens (tertiary/aromatic N) is 3. The third kappa shape index (κ3) is 5.93. The number of carbonyl (C=O) groups is 3. The number of nitrogens with one attached hydrogen (secondary N) is 2. The summed E-state index contributed by atoms with van der Waals surface area (Å²) in [6, 6.07) is 13.3. The maximum absolute atomic E-state index is 12.9. The molecule has 2 heterocycles. The number of methoxy groups -OCH3 is 2. The minimum atomic E-state index is -0.470. The number of rotatable bonds is 6. The number of carbonyl (C=O) groups excluding carboxylic acids is 3. The van der Waals surface area contributed by atoms with Gasteiger partial charge in [0.25, 0.3) is 5.91 Å². The molecule has 35 heavy (non-hydrogen) atoms. The number of esters is 1. The summed E-state index contributed by atoms with van der Waals surface area (Å²) in [6.07, 6.45) is 1.64. The summed E-state index contributed by atoms with van der Waals surface area (Å²) in [4.78, 5) is 38.9. The van der Waals surface area contributed by atoms with Gasteiger partial charge in [0.05, 0.1) is 19.8 Å². The van der Waals surface area contributed by atoms with E-state index in [-0.39, 0.29) is 22.9 Å². The number of anilines is 2. The number of piperidine rings is 1. The first-order valence-electron chi connectivity index (χ1n) is 11.0. The molecule has 0 radical (unpaired) electrons. The minimum absolute atomic E-state index is 0.0176. The summed E-state index contributed by atoms with van der Waals surface area (Å²) in [5.41, 5.74) is 1.49. The first kappa shape index (κ1) is 24.1. The average Bonchev–Trinajstić information content (AvgIpc) is 3.39. The second-order valence-corrected chi connectivity index (χ2v) is 8.92. The van der Waals surface area contributed by atoms with E-state index in [4.69, 9.17) is 9.47 Å². The Morgan fingerprint density at radius 3 is 2.57 bits per heavy atom. The molecule has 11 heteroatoms. The van der Waals surface area contributed by atoms with Crippen molar-refractivity contribution >= 4 is 40.6 Å². The molecule has 1 aliphatic heterocycles. The molecule has 10 nitrogen and oxygen atoms in total. The van der Waals surface area contributed by atoms with Crippen LogP contribution in [0.15, 0.2) is 48.5 Å². The summed E-state index contributed by atoms with van der Waals surface area (Å²) >= 11 is 1.23. The second-order valence-electron chi connectivity index (χ2n) is 7.92. The van der Waals surface area contributed by atoms with Crippen molar-refractivity contribution in [2.24, 2.45) is 0 Å². The van der Waals surface area contributed by atoms with Crippen LogP contribution in [0.2, 0.25) is 0 Å². The highest BCUT2D eigenvalue weighted by molar-refractivity contribution is 7.13. The Bertz CT molecular complexity index is 1210. The largest absolute Gasteiger partial charge is 0.497 e. The number of amides is 3. The van der Waals surface area contributed by atoms with Gasteiger partial charge in [-0.05, 0) is 55.3 Å². The highest BCUT2D eigenvalue weighted by atomic mass is 32.1. The predicted molar refractivity (Wildman–Crippen MR) is 131 cm³/mol. The number of aromatic nitrogens is 2. The van der Waals surface area contributed by atoms with Crippen LogP contribution >= 0.6 is 11.3 Å². The van der Waals surface area contributed by atoms with Gasteiger partial charge in [0.2, 0.25) is 5.01 Å². The van der Waals surface area contributed by atoms with E-state index >= 15 is 0 Å². The van der Waals surface area contributed by atoms with Gasteiger partial charge < -0.3 is 25.0 Å². The molecule has 0 saturated carbocycles. The zero-order chi connectivity index (χ0) is 24.8. The fourth-order valence-corrected chi connectivity index (χ4v) is 4.62. The topological polar surface area (TPSA) is 123 Å². The van der Waals surface area contributed by atoms with Crippen LogP contribution < -0.4 is 15.4 Å². The summed E-state index contributed by atoms with van der Waals surface area (Å²) < 4.78 is 9.85. The minimum Gasteiger partial charge on any atom is -0.497 e. The Morgan fingerprint density at radius 1 is 1.03 bits per heavy atom. The molecule has 2 N–H and O–H groups in total. The number of benzene rings is 2. The van der Waals surface area contributed by atoms with Crippen LogP contribution in [0.5, 0.6) is 5.75 Å². The number of likely N-dealkylation sites (tertiary alicyclic amines) is 1. The smallest absolute Gasteiger partial charge is 0.337 e. The zero-order valence-corrected chi connectivity index (χ0v) is 20.1. The molecule has 4 rings (SSSR count). The Hall–Kier alpha value is -3.99. The number of ether oxygens (including phenoxy) is 2. The van der Waals surface area contributed by atoms with Gasteiger partial charge in [0, 0.05) is 30.4 Å². The second kappa shape index (κ2) is 11.0. The van der Waals surface area contributed by atoms with Crippen LogP contribution in [-0.4, -0.2) is 60.3 Å². The molecule has 0 aliphatic carbocycles. The molecule has 0 spiro atoms. The lowest BCUT2D eigenvalue weighted by atomic mass is 9.99. The molecule has 1 atom stereocenters. The summed E-state index contributed by atoms with van der Waals surface area (Å²) in [5, 5.41) is 14.9. The summed E-state index contributed by atoms with van der Waals surface area (Å²) in [5.74, 6) is -0.128. The average molecular weight is 496 g/mol. The standard InChI is InChI=1S/C24H25N5O5S/c1-33-19-10-8-17(9-11-19)25-20(30)22-28-27-21(35-22)16-6-4-12-29(14-16)24(32)26-18-7-3-5-15(13-18)23(31)34-2/h3,5,7-11,13,16H,4,6,12,14H2,1-2H3,(H,25,30)(H,26,32). The van der Waals surface area contributed by atoms with E-state index in [2.05, 4.69) is 20.8 Å². The van der Waals surface area contributed by atoms with Gasteiger partial charge in [-0.3, -0.25) is 4.79 Å². The third-order valence-corrected chi connectivity index (χ3v) is 6.66. The van der Waals surface area contributed by atoms with E-state index in [1.165, 1.54) is 18.4 Å². The molecule has 182 valence electrons. The van der Waals surface area contributed by atoms with E-state index in [0.29, 0.717) is 35.8 Å². The van der Waals surface area contributed by atoms with E-state index in [9.17, 15) is 14.4 Å². The summed E-state index contributed by atoms with van der Waals surface area (Å²) in [7, 11) is 2.89. The number of hydrogen-bond acceptors (Lipinski definition) is 8. The van der Waals surface area contributed by atoms with Gasteiger partial charge in [-0.2, -0.15) is 0 Å². The van der Waals surface area contributed by atoms with Gasteiger partial charge in [-0.15, -0.1) is 10.2 Å². The van der Waals surface area contributed by atoms with Crippen LogP contribution in [0.1, 0.15) is 43.9 Å². The van der Waals surface area contributed by atoms with Crippen molar-refractivity contribution in [2.75, 3.05) is 37.9 Å². The van der Waals surface area contributed by atoms with Gasteiger partial charge in [0.1, 0.15) is 10.8 Å². The maximum atomic E-state index is 12.9. The van der Waals surface area contributed by atoms with E-state index < -0.39 is 5.97 Å². The van der Waals surface area contributed by atoms with Crippen LogP contribution in [0.3, 0.4) is 0 Å². The first-order valence-corrected chi connectivity index (χ1v) is 11.8. The molecule has 1 aromatic heterocycles. The molecule has 0 bridgehead atoms. The predicted octanol–water partition coefficient (Wildman–Crippen LogP) is 4.00. The molecule has 3 amide bonds. The molecular weight excluding hydrogens is 470 g/mol. The summed E-state index contributed by atoms with van der Waals surface area (Å²) in [6.45, 7) is 1.06. The Labute approximate surface area is 206 Å². The van der Waals surface area contributed by atoms with Crippen molar-refractivity contribution in [1.82, 2.24) is 15.1 Å². The van der Waals surface area contributed by atoms with Crippen molar-refractivity contribution in [3.8, 4) is 5.75 Å². The highest BCUT2D eigenvalue weighted by Crippen LogP contribution is 2.30. The number of urea groups is 1. The number of hydrogen-bond donors (Lipinski definition) is 2. The van der Waals surface area contributed by atoms with Crippen molar-refractivity contribution in [2.45, 2.75) is 18.8 Å². The molecule has 1 saturated heterocycles. The molecule has 2 aromatic carbocycles. The van der Waals surface area contributed by atoms with Crippen molar-refractivity contribution < 1.29 is 23.9 Å². The normalized spacial score (nSPS) is 15.3. The molecule has 1 aliphatic rings.